The van der Waals surface area contributed by atoms with Crippen molar-refractivity contribution in [2.45, 2.75) is 32.2 Å². The van der Waals surface area contributed by atoms with Gasteiger partial charge in [-0.15, -0.1) is 11.3 Å². The highest BCUT2D eigenvalue weighted by Crippen LogP contribution is 2.60. The molecule has 3 rings (SSSR count). The van der Waals surface area contributed by atoms with E-state index in [1.165, 1.54) is 32.2 Å². The first-order chi connectivity index (χ1) is 7.28. The van der Waals surface area contributed by atoms with E-state index in [4.69, 9.17) is 11.6 Å². The summed E-state index contributed by atoms with van der Waals surface area (Å²) in [6.45, 7) is 2.06. The van der Waals surface area contributed by atoms with Gasteiger partial charge in [0.1, 0.15) is 9.34 Å². The van der Waals surface area contributed by atoms with Crippen molar-refractivity contribution >= 4 is 22.9 Å². The van der Waals surface area contributed by atoms with Gasteiger partial charge >= 0.3 is 0 Å². The average molecular weight is 243 g/mol. The summed E-state index contributed by atoms with van der Waals surface area (Å²) in [6, 6.07) is 0. The molecule has 0 aliphatic heterocycles. The van der Waals surface area contributed by atoms with Crippen molar-refractivity contribution in [2.75, 3.05) is 6.54 Å². The Bertz CT molecular complexity index is 355. The summed E-state index contributed by atoms with van der Waals surface area (Å²) >= 11 is 7.40. The normalized spacial score (nSPS) is 23.0. The van der Waals surface area contributed by atoms with Crippen LogP contribution in [-0.4, -0.2) is 11.5 Å². The molecule has 82 valence electrons. The highest BCUT2D eigenvalue weighted by Gasteiger charge is 2.53. The van der Waals surface area contributed by atoms with Gasteiger partial charge in [0.2, 0.25) is 0 Å². The van der Waals surface area contributed by atoms with Crippen LogP contribution in [0.3, 0.4) is 0 Å². The SMILES string of the molecule is Clc1cnc(CNCC2(C3CC3)CC2)s1. The molecule has 0 amide bonds. The third kappa shape index (κ3) is 2.19. The number of nitrogens with one attached hydrogen (secondary N) is 1. The van der Waals surface area contributed by atoms with Crippen LogP contribution in [0.15, 0.2) is 6.20 Å². The highest BCUT2D eigenvalue weighted by molar-refractivity contribution is 7.15. The predicted molar refractivity (Wildman–Crippen MR) is 63.2 cm³/mol. The molecule has 1 aromatic rings. The number of nitrogens with zero attached hydrogens (tertiary/aromatic N) is 1. The summed E-state index contributed by atoms with van der Waals surface area (Å²) in [5.41, 5.74) is 0.682. The van der Waals surface area contributed by atoms with Gasteiger partial charge in [-0.2, -0.15) is 0 Å². The van der Waals surface area contributed by atoms with Gasteiger partial charge in [0, 0.05) is 13.1 Å². The van der Waals surface area contributed by atoms with E-state index in [1.807, 2.05) is 0 Å². The lowest BCUT2D eigenvalue weighted by Gasteiger charge is -2.13. The standard InChI is InChI=1S/C11H15ClN2S/c12-9-5-14-10(15-9)6-13-7-11(3-4-11)8-1-2-8/h5,8,13H,1-4,6-7H2. The van der Waals surface area contributed by atoms with E-state index in [0.717, 1.165) is 21.8 Å². The van der Waals surface area contributed by atoms with E-state index in [9.17, 15) is 0 Å². The maximum atomic E-state index is 5.83. The Balaban J connectivity index is 1.47. The lowest BCUT2D eigenvalue weighted by molar-refractivity contribution is 0.403. The minimum absolute atomic E-state index is 0.682. The Morgan fingerprint density at radius 1 is 1.53 bits per heavy atom. The van der Waals surface area contributed by atoms with Crippen molar-refractivity contribution in [3.05, 3.63) is 15.5 Å². The van der Waals surface area contributed by atoms with Crippen molar-refractivity contribution in [3.63, 3.8) is 0 Å². The van der Waals surface area contributed by atoms with Gasteiger partial charge in [0.25, 0.3) is 0 Å². The molecule has 0 spiro atoms. The first-order valence-corrected chi connectivity index (χ1v) is 6.79. The van der Waals surface area contributed by atoms with E-state index < -0.39 is 0 Å². The van der Waals surface area contributed by atoms with Gasteiger partial charge in [-0.3, -0.25) is 0 Å². The molecular formula is C11H15ClN2S. The molecule has 0 saturated heterocycles. The Hall–Kier alpha value is -0.120. The fraction of sp³-hybridized carbons (Fsp3) is 0.727. The predicted octanol–water partition coefficient (Wildman–Crippen LogP) is 3.08. The molecular weight excluding hydrogens is 228 g/mol. The van der Waals surface area contributed by atoms with Crippen LogP contribution in [0.4, 0.5) is 0 Å². The number of rotatable bonds is 5. The van der Waals surface area contributed by atoms with E-state index in [0.29, 0.717) is 5.41 Å². The van der Waals surface area contributed by atoms with Crippen LogP contribution < -0.4 is 5.32 Å². The molecule has 2 nitrogen and oxygen atoms in total. The van der Waals surface area contributed by atoms with Crippen molar-refractivity contribution < 1.29 is 0 Å². The summed E-state index contributed by atoms with van der Waals surface area (Å²) in [6.07, 6.45) is 7.53. The maximum absolute atomic E-state index is 5.83. The zero-order valence-electron chi connectivity index (χ0n) is 8.63. The Morgan fingerprint density at radius 3 is 2.87 bits per heavy atom. The molecule has 0 unspecified atom stereocenters. The second kappa shape index (κ2) is 3.72. The molecule has 2 fully saturated rings. The molecule has 0 aromatic carbocycles. The number of halogens is 1. The first kappa shape index (κ1) is 10.1. The van der Waals surface area contributed by atoms with Crippen molar-refractivity contribution in [2.24, 2.45) is 11.3 Å². The van der Waals surface area contributed by atoms with Crippen LogP contribution in [0.2, 0.25) is 4.34 Å². The molecule has 0 bridgehead atoms. The Morgan fingerprint density at radius 2 is 2.33 bits per heavy atom. The third-order valence-corrected chi connectivity index (χ3v) is 4.73. The fourth-order valence-corrected chi connectivity index (χ4v) is 3.30. The van der Waals surface area contributed by atoms with Gasteiger partial charge in [-0.05, 0) is 37.0 Å². The monoisotopic (exact) mass is 242 g/mol. The number of thiazole rings is 1. The number of aromatic nitrogens is 1. The third-order valence-electron chi connectivity index (χ3n) is 3.61. The molecule has 1 aromatic heterocycles. The van der Waals surface area contributed by atoms with Crippen molar-refractivity contribution in [3.8, 4) is 0 Å². The lowest BCUT2D eigenvalue weighted by Crippen LogP contribution is -2.24. The largest absolute Gasteiger partial charge is 0.310 e. The first-order valence-electron chi connectivity index (χ1n) is 5.59. The topological polar surface area (TPSA) is 24.9 Å². The Kier molecular flexibility index (Phi) is 2.49. The van der Waals surface area contributed by atoms with Gasteiger partial charge < -0.3 is 5.32 Å². The second-order valence-corrected chi connectivity index (χ2v) is 6.54. The molecule has 0 atom stereocenters. The van der Waals surface area contributed by atoms with Crippen LogP contribution in [0.5, 0.6) is 0 Å². The minimum atomic E-state index is 0.682. The number of hydrogen-bond donors (Lipinski definition) is 1. The van der Waals surface area contributed by atoms with Crippen LogP contribution in [0, 0.1) is 11.3 Å². The van der Waals surface area contributed by atoms with E-state index >= 15 is 0 Å². The second-order valence-electron chi connectivity index (χ2n) is 4.80. The highest BCUT2D eigenvalue weighted by atomic mass is 35.5. The van der Waals surface area contributed by atoms with Crippen molar-refractivity contribution in [1.29, 1.82) is 0 Å². The van der Waals surface area contributed by atoms with Crippen LogP contribution in [0.1, 0.15) is 30.7 Å². The maximum Gasteiger partial charge on any atom is 0.113 e. The zero-order chi connectivity index (χ0) is 10.3. The summed E-state index contributed by atoms with van der Waals surface area (Å²) < 4.78 is 0.787. The van der Waals surface area contributed by atoms with Crippen LogP contribution in [-0.2, 0) is 6.54 Å². The molecule has 1 N–H and O–H groups in total. The Labute approximate surface area is 99.1 Å². The zero-order valence-corrected chi connectivity index (χ0v) is 10.2. The summed E-state index contributed by atoms with van der Waals surface area (Å²) in [5, 5.41) is 4.63. The molecule has 2 saturated carbocycles. The minimum Gasteiger partial charge on any atom is -0.310 e. The van der Waals surface area contributed by atoms with Crippen LogP contribution in [0.25, 0.3) is 0 Å². The van der Waals surface area contributed by atoms with Gasteiger partial charge in [0.05, 0.1) is 6.20 Å². The summed E-state index contributed by atoms with van der Waals surface area (Å²) in [5.74, 6) is 1.03. The molecule has 15 heavy (non-hydrogen) atoms. The molecule has 4 heteroatoms. The quantitative estimate of drug-likeness (QED) is 0.859. The van der Waals surface area contributed by atoms with E-state index in [-0.39, 0.29) is 0 Å². The molecule has 2 aliphatic carbocycles. The van der Waals surface area contributed by atoms with Gasteiger partial charge in [0.15, 0.2) is 0 Å². The molecule has 0 radical (unpaired) electrons. The molecule has 2 aliphatic rings. The summed E-state index contributed by atoms with van der Waals surface area (Å²) in [4.78, 5) is 4.24. The van der Waals surface area contributed by atoms with E-state index in [2.05, 4.69) is 10.3 Å². The smallest absolute Gasteiger partial charge is 0.113 e. The van der Waals surface area contributed by atoms with Crippen molar-refractivity contribution in [1.82, 2.24) is 10.3 Å². The van der Waals surface area contributed by atoms with Crippen LogP contribution >= 0.6 is 22.9 Å². The lowest BCUT2D eigenvalue weighted by atomic mass is 10.0. The number of hydrogen-bond acceptors (Lipinski definition) is 3. The fourth-order valence-electron chi connectivity index (χ4n) is 2.37. The van der Waals surface area contributed by atoms with E-state index in [1.54, 1.807) is 17.5 Å². The summed E-state index contributed by atoms with van der Waals surface area (Å²) in [7, 11) is 0. The molecule has 1 heterocycles. The van der Waals surface area contributed by atoms with Gasteiger partial charge in [-0.25, -0.2) is 4.98 Å². The average Bonchev–Trinajstić information content (AvgIpc) is 3.08. The van der Waals surface area contributed by atoms with Gasteiger partial charge in [-0.1, -0.05) is 11.6 Å².